The zero-order chi connectivity index (χ0) is 11.1. The van der Waals surface area contributed by atoms with Crippen LogP contribution in [0.2, 0.25) is 0 Å². The van der Waals surface area contributed by atoms with Gasteiger partial charge in [0.05, 0.1) is 0 Å². The standard InChI is InChI=1S/C14H20N2/c1-3-11-4-6-12(7-5-11)16-10-13-8-14(16)9-15(13)2/h4-7,13-14H,3,8-10H2,1-2H3. The minimum absolute atomic E-state index is 0.752. The van der Waals surface area contributed by atoms with E-state index < -0.39 is 0 Å². The number of fused-ring (bicyclic) bond motifs is 2. The fourth-order valence-electron chi connectivity index (χ4n) is 3.11. The molecule has 3 rings (SSSR count). The van der Waals surface area contributed by atoms with Gasteiger partial charge in [0.2, 0.25) is 0 Å². The van der Waals surface area contributed by atoms with E-state index in [9.17, 15) is 0 Å². The van der Waals surface area contributed by atoms with Crippen molar-refractivity contribution in [1.82, 2.24) is 4.90 Å². The lowest BCUT2D eigenvalue weighted by atomic mass is 10.1. The van der Waals surface area contributed by atoms with Crippen LogP contribution in [0.15, 0.2) is 24.3 Å². The summed E-state index contributed by atoms with van der Waals surface area (Å²) in [4.78, 5) is 5.09. The third kappa shape index (κ3) is 1.52. The largest absolute Gasteiger partial charge is 0.366 e. The summed E-state index contributed by atoms with van der Waals surface area (Å²) in [5.41, 5.74) is 2.85. The van der Waals surface area contributed by atoms with Gasteiger partial charge in [0.1, 0.15) is 0 Å². The Balaban J connectivity index is 1.79. The second kappa shape index (κ2) is 3.77. The van der Waals surface area contributed by atoms with Gasteiger partial charge in [0.25, 0.3) is 0 Å². The Bertz CT molecular complexity index is 369. The molecule has 2 atom stereocenters. The Hall–Kier alpha value is -1.02. The van der Waals surface area contributed by atoms with Crippen molar-refractivity contribution in [3.8, 4) is 0 Å². The first-order valence-electron chi connectivity index (χ1n) is 6.33. The topological polar surface area (TPSA) is 6.48 Å². The molecule has 0 saturated carbocycles. The Morgan fingerprint density at radius 2 is 1.88 bits per heavy atom. The van der Waals surface area contributed by atoms with E-state index in [0.29, 0.717) is 0 Å². The van der Waals surface area contributed by atoms with Gasteiger partial charge in [-0.15, -0.1) is 0 Å². The van der Waals surface area contributed by atoms with Gasteiger partial charge >= 0.3 is 0 Å². The molecule has 0 N–H and O–H groups in total. The van der Waals surface area contributed by atoms with Crippen molar-refractivity contribution in [2.45, 2.75) is 31.8 Å². The van der Waals surface area contributed by atoms with Crippen LogP contribution in [0.5, 0.6) is 0 Å². The number of benzene rings is 1. The van der Waals surface area contributed by atoms with E-state index in [1.165, 1.54) is 30.8 Å². The first-order chi connectivity index (χ1) is 7.78. The Morgan fingerprint density at radius 1 is 1.12 bits per heavy atom. The molecule has 2 bridgehead atoms. The molecule has 2 heterocycles. The first kappa shape index (κ1) is 10.2. The summed E-state index contributed by atoms with van der Waals surface area (Å²) in [6, 6.07) is 10.7. The summed E-state index contributed by atoms with van der Waals surface area (Å²) in [6.45, 7) is 4.66. The highest BCUT2D eigenvalue weighted by Crippen LogP contribution is 2.33. The van der Waals surface area contributed by atoms with Crippen molar-refractivity contribution in [1.29, 1.82) is 0 Å². The molecule has 2 unspecified atom stereocenters. The molecule has 2 fully saturated rings. The Morgan fingerprint density at radius 3 is 2.38 bits per heavy atom. The maximum atomic E-state index is 2.59. The summed E-state index contributed by atoms with van der Waals surface area (Å²) < 4.78 is 0. The predicted octanol–water partition coefficient (Wildman–Crippen LogP) is 2.14. The van der Waals surface area contributed by atoms with Crippen LogP contribution in [0.1, 0.15) is 18.9 Å². The summed E-state index contributed by atoms with van der Waals surface area (Å²) >= 11 is 0. The average Bonchev–Trinajstić information content (AvgIpc) is 2.88. The van der Waals surface area contributed by atoms with E-state index in [2.05, 4.69) is 48.0 Å². The van der Waals surface area contributed by atoms with E-state index in [1.807, 2.05) is 0 Å². The fraction of sp³-hybridized carbons (Fsp3) is 0.571. The first-order valence-corrected chi connectivity index (χ1v) is 6.33. The molecule has 2 aliphatic rings. The molecular formula is C14H20N2. The number of hydrogen-bond acceptors (Lipinski definition) is 2. The number of rotatable bonds is 2. The van der Waals surface area contributed by atoms with Gasteiger partial charge in [-0.25, -0.2) is 0 Å². The Labute approximate surface area is 97.9 Å². The predicted molar refractivity (Wildman–Crippen MR) is 68.0 cm³/mol. The van der Waals surface area contributed by atoms with Gasteiger partial charge in [-0.3, -0.25) is 4.90 Å². The van der Waals surface area contributed by atoms with Crippen LogP contribution < -0.4 is 4.90 Å². The van der Waals surface area contributed by atoms with Crippen molar-refractivity contribution in [3.05, 3.63) is 29.8 Å². The summed E-state index contributed by atoms with van der Waals surface area (Å²) in [5, 5.41) is 0. The van der Waals surface area contributed by atoms with Crippen LogP contribution in [0.4, 0.5) is 5.69 Å². The van der Waals surface area contributed by atoms with Crippen LogP contribution in [-0.2, 0) is 6.42 Å². The molecule has 0 aliphatic carbocycles. The summed E-state index contributed by atoms with van der Waals surface area (Å²) in [7, 11) is 2.25. The van der Waals surface area contributed by atoms with E-state index in [4.69, 9.17) is 0 Å². The van der Waals surface area contributed by atoms with Crippen molar-refractivity contribution in [3.63, 3.8) is 0 Å². The van der Waals surface area contributed by atoms with E-state index in [0.717, 1.165) is 18.5 Å². The monoisotopic (exact) mass is 216 g/mol. The molecular weight excluding hydrogens is 196 g/mol. The minimum atomic E-state index is 0.752. The van der Waals surface area contributed by atoms with Crippen LogP contribution in [0.3, 0.4) is 0 Å². The number of likely N-dealkylation sites (tertiary alicyclic amines) is 1. The van der Waals surface area contributed by atoms with E-state index in [-0.39, 0.29) is 0 Å². The normalized spacial score (nSPS) is 29.0. The van der Waals surface area contributed by atoms with Crippen molar-refractivity contribution in [2.24, 2.45) is 0 Å². The van der Waals surface area contributed by atoms with E-state index in [1.54, 1.807) is 0 Å². The van der Waals surface area contributed by atoms with Crippen LogP contribution >= 0.6 is 0 Å². The van der Waals surface area contributed by atoms with Crippen molar-refractivity contribution in [2.75, 3.05) is 25.0 Å². The molecule has 86 valence electrons. The SMILES string of the molecule is CCc1ccc(N2CC3CC2CN3C)cc1. The smallest absolute Gasteiger partial charge is 0.0433 e. The minimum Gasteiger partial charge on any atom is -0.366 e. The molecule has 1 aromatic rings. The molecule has 0 amide bonds. The lowest BCUT2D eigenvalue weighted by molar-refractivity contribution is 0.292. The zero-order valence-corrected chi connectivity index (χ0v) is 10.2. The molecule has 0 spiro atoms. The van der Waals surface area contributed by atoms with Crippen molar-refractivity contribution >= 4 is 5.69 Å². The van der Waals surface area contributed by atoms with Gasteiger partial charge in [0.15, 0.2) is 0 Å². The molecule has 2 heteroatoms. The fourth-order valence-corrected chi connectivity index (χ4v) is 3.11. The summed E-state index contributed by atoms with van der Waals surface area (Å²) in [6.07, 6.45) is 2.49. The maximum Gasteiger partial charge on any atom is 0.0433 e. The third-order valence-electron chi connectivity index (χ3n) is 4.19. The molecule has 1 aromatic carbocycles. The summed E-state index contributed by atoms with van der Waals surface area (Å²) in [5.74, 6) is 0. The maximum absolute atomic E-state index is 2.59. The van der Waals surface area contributed by atoms with Gasteiger partial charge in [0, 0.05) is 30.9 Å². The lowest BCUT2D eigenvalue weighted by Gasteiger charge is -2.33. The third-order valence-corrected chi connectivity index (χ3v) is 4.19. The van der Waals surface area contributed by atoms with Gasteiger partial charge in [-0.1, -0.05) is 19.1 Å². The molecule has 0 aromatic heterocycles. The highest BCUT2D eigenvalue weighted by Gasteiger charge is 2.41. The van der Waals surface area contributed by atoms with Gasteiger partial charge in [-0.2, -0.15) is 0 Å². The lowest BCUT2D eigenvalue weighted by Crippen LogP contribution is -2.44. The number of aryl methyl sites for hydroxylation is 1. The zero-order valence-electron chi connectivity index (χ0n) is 10.2. The van der Waals surface area contributed by atoms with Crippen LogP contribution in [0, 0.1) is 0 Å². The highest BCUT2D eigenvalue weighted by molar-refractivity contribution is 5.51. The molecule has 2 nitrogen and oxygen atoms in total. The molecule has 16 heavy (non-hydrogen) atoms. The number of hydrogen-bond donors (Lipinski definition) is 0. The second-order valence-corrected chi connectivity index (χ2v) is 5.16. The van der Waals surface area contributed by atoms with Crippen molar-refractivity contribution < 1.29 is 0 Å². The quantitative estimate of drug-likeness (QED) is 0.747. The molecule has 0 radical (unpaired) electrons. The van der Waals surface area contributed by atoms with E-state index >= 15 is 0 Å². The average molecular weight is 216 g/mol. The van der Waals surface area contributed by atoms with Crippen LogP contribution in [0.25, 0.3) is 0 Å². The number of piperazine rings is 1. The highest BCUT2D eigenvalue weighted by atomic mass is 15.3. The number of nitrogens with zero attached hydrogens (tertiary/aromatic N) is 2. The molecule has 2 aliphatic heterocycles. The Kier molecular flexibility index (Phi) is 2.40. The van der Waals surface area contributed by atoms with Gasteiger partial charge in [-0.05, 0) is 37.6 Å². The molecule has 2 saturated heterocycles. The number of anilines is 1. The van der Waals surface area contributed by atoms with Gasteiger partial charge < -0.3 is 4.90 Å². The number of likely N-dealkylation sites (N-methyl/N-ethyl adjacent to an activating group) is 1. The van der Waals surface area contributed by atoms with Crippen LogP contribution in [-0.4, -0.2) is 37.1 Å². The second-order valence-electron chi connectivity index (χ2n) is 5.16.